The van der Waals surface area contributed by atoms with Gasteiger partial charge in [-0.05, 0) is 49.6 Å². The van der Waals surface area contributed by atoms with E-state index in [-0.39, 0.29) is 34.7 Å². The van der Waals surface area contributed by atoms with Crippen molar-refractivity contribution in [1.29, 1.82) is 0 Å². The largest absolute Gasteiger partial charge is 0.491 e. The highest BCUT2D eigenvalue weighted by Gasteiger charge is 2.44. The van der Waals surface area contributed by atoms with Crippen LogP contribution in [0, 0.1) is 0 Å². The predicted octanol–water partition coefficient (Wildman–Crippen LogP) is 0.836. The molecule has 2 unspecified atom stereocenters. The van der Waals surface area contributed by atoms with Gasteiger partial charge in [-0.25, -0.2) is 16.8 Å². The number of nitrogens with two attached hydrogens (primary N) is 1. The van der Waals surface area contributed by atoms with Crippen LogP contribution in [0.15, 0.2) is 70.6 Å². The molecule has 1 aromatic heterocycles. The number of ether oxygens (including phenoxy) is 2. The zero-order chi connectivity index (χ0) is 30.0. The second-order valence-electron chi connectivity index (χ2n) is 10.7. The lowest BCUT2D eigenvalue weighted by atomic mass is 9.88. The van der Waals surface area contributed by atoms with Crippen LogP contribution in [0.5, 0.6) is 5.75 Å². The maximum atomic E-state index is 13.3. The number of hydrogen-bond donors (Lipinski definition) is 3. The van der Waals surface area contributed by atoms with Gasteiger partial charge >= 0.3 is 0 Å². The molecule has 3 aromatic rings. The van der Waals surface area contributed by atoms with Crippen molar-refractivity contribution in [2.24, 2.45) is 5.73 Å². The van der Waals surface area contributed by atoms with Gasteiger partial charge in [0.15, 0.2) is 9.84 Å². The molecular weight excluding hydrogens is 584 g/mol. The Labute approximate surface area is 244 Å². The number of aliphatic hydroxyl groups is 1. The number of para-hydroxylation sites is 1. The van der Waals surface area contributed by atoms with Crippen LogP contribution in [-0.4, -0.2) is 93.5 Å². The summed E-state index contributed by atoms with van der Waals surface area (Å²) in [7, 11) is -7.55. The second-order valence-corrected chi connectivity index (χ2v) is 14.7. The number of sulfonamides is 1. The van der Waals surface area contributed by atoms with E-state index in [0.717, 1.165) is 10.9 Å². The number of aromatic nitrogens is 1. The van der Waals surface area contributed by atoms with Crippen LogP contribution in [0.1, 0.15) is 19.3 Å². The highest BCUT2D eigenvalue weighted by atomic mass is 32.2. The number of carbonyl (C=O) groups excluding carboxylic acids is 1. The summed E-state index contributed by atoms with van der Waals surface area (Å²) in [6, 6.07) is 14.7. The fraction of sp³-hybridized carbons (Fsp3) is 0.429. The first kappa shape index (κ1) is 30.3. The molecule has 3 heterocycles. The molecule has 1 spiro atoms. The molecule has 42 heavy (non-hydrogen) atoms. The molecule has 4 N–H and O–H groups in total. The van der Waals surface area contributed by atoms with Crippen LogP contribution in [0.4, 0.5) is 0 Å². The van der Waals surface area contributed by atoms with E-state index < -0.39 is 43.2 Å². The van der Waals surface area contributed by atoms with Crippen molar-refractivity contribution >= 4 is 36.7 Å². The lowest BCUT2D eigenvalue weighted by molar-refractivity contribution is -0.115. The first-order valence-electron chi connectivity index (χ1n) is 13.6. The molecule has 0 radical (unpaired) electrons. The highest BCUT2D eigenvalue weighted by molar-refractivity contribution is 7.92. The van der Waals surface area contributed by atoms with E-state index in [4.69, 9.17) is 15.2 Å². The van der Waals surface area contributed by atoms with Crippen molar-refractivity contribution in [2.75, 3.05) is 38.6 Å². The molecule has 2 aromatic carbocycles. The second kappa shape index (κ2) is 12.2. The maximum absolute atomic E-state index is 13.3. The Morgan fingerprint density at radius 1 is 1.12 bits per heavy atom. The Balaban J connectivity index is 1.08. The number of rotatable bonds is 11. The number of amides is 1. The van der Waals surface area contributed by atoms with Crippen LogP contribution in [0.25, 0.3) is 10.9 Å². The van der Waals surface area contributed by atoms with E-state index in [9.17, 15) is 26.7 Å². The molecule has 12 nitrogen and oxygen atoms in total. The van der Waals surface area contributed by atoms with Gasteiger partial charge in [-0.3, -0.25) is 9.78 Å². The molecule has 2 aliphatic heterocycles. The number of hydrogen-bond acceptors (Lipinski definition) is 10. The third kappa shape index (κ3) is 6.90. The minimum Gasteiger partial charge on any atom is -0.491 e. The van der Waals surface area contributed by atoms with E-state index >= 15 is 0 Å². The number of aliphatic hydroxyl groups excluding tert-OH is 1. The lowest BCUT2D eigenvalue weighted by Gasteiger charge is -2.38. The van der Waals surface area contributed by atoms with Gasteiger partial charge in [-0.2, -0.15) is 4.31 Å². The van der Waals surface area contributed by atoms with E-state index in [1.165, 1.54) is 28.7 Å². The smallest absolute Gasteiger partial charge is 0.244 e. The molecule has 2 saturated heterocycles. The van der Waals surface area contributed by atoms with E-state index in [1.807, 2.05) is 24.3 Å². The predicted molar refractivity (Wildman–Crippen MR) is 154 cm³/mol. The Bertz CT molecular complexity index is 1660. The number of nitrogens with one attached hydrogen (secondary N) is 1. The Kier molecular flexibility index (Phi) is 8.83. The third-order valence-electron chi connectivity index (χ3n) is 7.63. The Hall–Kier alpha value is -3.14. The van der Waals surface area contributed by atoms with E-state index in [0.29, 0.717) is 39.0 Å². The lowest BCUT2D eigenvalue weighted by Crippen LogP contribution is -2.47. The maximum Gasteiger partial charge on any atom is 0.244 e. The summed E-state index contributed by atoms with van der Waals surface area (Å²) in [6.45, 7) is 1.26. The summed E-state index contributed by atoms with van der Waals surface area (Å²) < 4.78 is 64.2. The van der Waals surface area contributed by atoms with Crippen LogP contribution in [-0.2, 0) is 29.4 Å². The van der Waals surface area contributed by atoms with Gasteiger partial charge < -0.3 is 25.6 Å². The number of fused-ring (bicyclic) bond motifs is 1. The van der Waals surface area contributed by atoms with Crippen molar-refractivity contribution in [1.82, 2.24) is 14.6 Å². The van der Waals surface area contributed by atoms with Gasteiger partial charge in [-0.15, -0.1) is 0 Å². The average Bonchev–Trinajstić information content (AvgIpc) is 3.36. The number of nitrogens with zero attached hydrogens (tertiary/aromatic N) is 2. The van der Waals surface area contributed by atoms with Crippen molar-refractivity contribution in [3.8, 4) is 5.75 Å². The minimum atomic E-state index is -3.87. The minimum absolute atomic E-state index is 0.0187. The summed E-state index contributed by atoms with van der Waals surface area (Å²) >= 11 is 0. The molecular formula is C28H34N4O8S2. The fourth-order valence-electron chi connectivity index (χ4n) is 5.38. The van der Waals surface area contributed by atoms with Gasteiger partial charge in [0.25, 0.3) is 0 Å². The van der Waals surface area contributed by atoms with Crippen LogP contribution in [0.2, 0.25) is 0 Å². The van der Waals surface area contributed by atoms with Crippen molar-refractivity contribution in [3.63, 3.8) is 0 Å². The SMILES string of the molecule is NC(=O)CS(=O)(=O)c1cccc(OCC(O)CNC2COC3(CCN(S(=O)(=O)c4cnc5ccccc5c4)CC3)C2)c1. The third-order valence-corrected chi connectivity index (χ3v) is 11.1. The Morgan fingerprint density at radius 3 is 2.64 bits per heavy atom. The molecule has 0 saturated carbocycles. The number of primary amides is 1. The summed E-state index contributed by atoms with van der Waals surface area (Å²) in [5.41, 5.74) is 5.33. The topological polar surface area (TPSA) is 178 Å². The summed E-state index contributed by atoms with van der Waals surface area (Å²) in [5.74, 6) is -1.51. The highest BCUT2D eigenvalue weighted by Crippen LogP contribution is 2.37. The van der Waals surface area contributed by atoms with Crippen LogP contribution >= 0.6 is 0 Å². The molecule has 14 heteroatoms. The van der Waals surface area contributed by atoms with Crippen molar-refractivity contribution in [2.45, 2.75) is 46.8 Å². The van der Waals surface area contributed by atoms with Gasteiger partial charge in [0.05, 0.1) is 22.6 Å². The quantitative estimate of drug-likeness (QED) is 0.279. The monoisotopic (exact) mass is 618 g/mol. The average molecular weight is 619 g/mol. The van der Waals surface area contributed by atoms with Gasteiger partial charge in [0, 0.05) is 37.3 Å². The molecule has 0 aliphatic carbocycles. The summed E-state index contributed by atoms with van der Waals surface area (Å²) in [5, 5.41) is 14.5. The number of carbonyl (C=O) groups is 1. The fourth-order valence-corrected chi connectivity index (χ4v) is 7.93. The summed E-state index contributed by atoms with van der Waals surface area (Å²) in [4.78, 5) is 15.4. The molecule has 2 fully saturated rings. The van der Waals surface area contributed by atoms with Crippen LogP contribution < -0.4 is 15.8 Å². The molecule has 1 amide bonds. The van der Waals surface area contributed by atoms with Crippen molar-refractivity contribution in [3.05, 3.63) is 60.8 Å². The Morgan fingerprint density at radius 2 is 1.88 bits per heavy atom. The normalized spacial score (nSPS) is 20.1. The van der Waals surface area contributed by atoms with Gasteiger partial charge in [0.1, 0.15) is 29.1 Å². The first-order valence-corrected chi connectivity index (χ1v) is 16.7. The number of sulfone groups is 1. The molecule has 0 bridgehead atoms. The molecule has 226 valence electrons. The standard InChI is InChI=1S/C28H34N4O8S2/c29-27(34)19-41(35,36)24-6-3-5-23(13-24)39-18-22(33)15-30-21-14-28(40-17-21)8-10-32(11-9-28)42(37,38)25-12-20-4-1-2-7-26(20)31-16-25/h1-7,12-13,16,21-22,30,33H,8-11,14-15,17-19H2,(H2,29,34). The first-order chi connectivity index (χ1) is 20.0. The zero-order valence-corrected chi connectivity index (χ0v) is 24.5. The number of benzene rings is 2. The van der Waals surface area contributed by atoms with Gasteiger partial charge in [0.2, 0.25) is 15.9 Å². The van der Waals surface area contributed by atoms with Crippen molar-refractivity contribution < 1.29 is 36.2 Å². The molecule has 2 aliphatic rings. The van der Waals surface area contributed by atoms with E-state index in [1.54, 1.807) is 12.1 Å². The van der Waals surface area contributed by atoms with Crippen LogP contribution in [0.3, 0.4) is 0 Å². The number of piperidine rings is 1. The zero-order valence-electron chi connectivity index (χ0n) is 22.9. The van der Waals surface area contributed by atoms with E-state index in [2.05, 4.69) is 10.3 Å². The van der Waals surface area contributed by atoms with Gasteiger partial charge in [-0.1, -0.05) is 24.3 Å². The molecule has 5 rings (SSSR count). The summed E-state index contributed by atoms with van der Waals surface area (Å²) in [6.07, 6.45) is 2.34. The molecule has 2 atom stereocenters. The number of pyridine rings is 1.